The number of nitro groups is 1. The lowest BCUT2D eigenvalue weighted by Gasteiger charge is -2.13. The highest BCUT2D eigenvalue weighted by Crippen LogP contribution is 2.30. The van der Waals surface area contributed by atoms with E-state index >= 15 is 0 Å². The number of benzene rings is 1. The molecule has 1 aromatic heterocycles. The zero-order valence-electron chi connectivity index (χ0n) is 17.3. The average Bonchev–Trinajstić information content (AvgIpc) is 3.40. The molecule has 1 aliphatic carbocycles. The van der Waals surface area contributed by atoms with Gasteiger partial charge in [0.25, 0.3) is 0 Å². The third-order valence-electron chi connectivity index (χ3n) is 4.61. The number of rotatable bonds is 10. The molecule has 1 aliphatic rings. The molecule has 164 valence electrons. The zero-order chi connectivity index (χ0) is 20.6. The van der Waals surface area contributed by atoms with Crippen molar-refractivity contribution in [2.45, 2.75) is 39.8 Å². The number of aliphatic imine (C=N–C) groups is 1. The Hall–Kier alpha value is -2.37. The lowest BCUT2D eigenvalue weighted by Crippen LogP contribution is -2.38. The predicted molar refractivity (Wildman–Crippen MR) is 127 cm³/mol. The van der Waals surface area contributed by atoms with Crippen molar-refractivity contribution in [1.82, 2.24) is 20.4 Å². The normalized spacial score (nSPS) is 13.5. The molecule has 0 radical (unpaired) electrons. The van der Waals surface area contributed by atoms with Crippen LogP contribution in [-0.2, 0) is 13.1 Å². The van der Waals surface area contributed by atoms with Crippen molar-refractivity contribution in [3.63, 3.8) is 0 Å². The van der Waals surface area contributed by atoms with Crippen LogP contribution in [0.3, 0.4) is 0 Å². The van der Waals surface area contributed by atoms with E-state index in [0.29, 0.717) is 31.5 Å². The van der Waals surface area contributed by atoms with Crippen LogP contribution in [-0.4, -0.2) is 40.4 Å². The molecule has 0 saturated heterocycles. The fourth-order valence-electron chi connectivity index (χ4n) is 2.78. The molecule has 3 rings (SSSR count). The summed E-state index contributed by atoms with van der Waals surface area (Å²) < 4.78 is 7.56. The second-order valence-electron chi connectivity index (χ2n) is 7.21. The molecule has 2 N–H and O–H groups in total. The van der Waals surface area contributed by atoms with Crippen LogP contribution in [0.1, 0.15) is 30.9 Å². The predicted octanol–water partition coefficient (Wildman–Crippen LogP) is 3.26. The first kappa shape index (κ1) is 23.9. The summed E-state index contributed by atoms with van der Waals surface area (Å²) in [4.78, 5) is 14.9. The van der Waals surface area contributed by atoms with Crippen LogP contribution in [0.25, 0.3) is 0 Å². The summed E-state index contributed by atoms with van der Waals surface area (Å²) in [6, 6.07) is 6.20. The highest BCUT2D eigenvalue weighted by atomic mass is 127. The maximum absolute atomic E-state index is 10.7. The number of aryl methyl sites for hydroxylation is 1. The Labute approximate surface area is 193 Å². The topological polar surface area (TPSA) is 107 Å². The van der Waals surface area contributed by atoms with E-state index in [4.69, 9.17) is 4.74 Å². The maximum Gasteiger partial charge on any atom is 0.306 e. The molecule has 0 bridgehead atoms. The molecular formula is C20H29IN6O3. The Morgan fingerprint density at radius 2 is 2.20 bits per heavy atom. The van der Waals surface area contributed by atoms with Crippen LogP contribution >= 0.6 is 24.0 Å². The van der Waals surface area contributed by atoms with E-state index in [-0.39, 0.29) is 29.7 Å². The zero-order valence-corrected chi connectivity index (χ0v) is 19.7. The minimum atomic E-state index is -0.451. The number of halogens is 1. The first-order valence-electron chi connectivity index (χ1n) is 9.96. The van der Waals surface area contributed by atoms with E-state index in [2.05, 4.69) is 45.8 Å². The molecule has 2 aromatic rings. The summed E-state index contributed by atoms with van der Waals surface area (Å²) in [5.74, 6) is 2.28. The second-order valence-corrected chi connectivity index (χ2v) is 7.21. The summed E-state index contributed by atoms with van der Waals surface area (Å²) in [6.07, 6.45) is 5.18. The minimum Gasteiger partial charge on any atom is -0.493 e. The van der Waals surface area contributed by atoms with Crippen molar-refractivity contribution in [1.29, 1.82) is 0 Å². The smallest absolute Gasteiger partial charge is 0.306 e. The molecular weight excluding hydrogens is 499 g/mol. The molecule has 1 heterocycles. The number of hydrogen-bond acceptors (Lipinski definition) is 5. The van der Waals surface area contributed by atoms with Crippen LogP contribution in [0.15, 0.2) is 35.6 Å². The van der Waals surface area contributed by atoms with E-state index < -0.39 is 4.92 Å². The Kier molecular flexibility index (Phi) is 9.34. The van der Waals surface area contributed by atoms with Crippen LogP contribution in [0, 0.1) is 23.0 Å². The van der Waals surface area contributed by atoms with Crippen molar-refractivity contribution in [2.75, 3.05) is 19.7 Å². The van der Waals surface area contributed by atoms with Crippen molar-refractivity contribution in [2.24, 2.45) is 10.9 Å². The third-order valence-corrected chi connectivity index (χ3v) is 4.61. The van der Waals surface area contributed by atoms with Gasteiger partial charge in [0.2, 0.25) is 0 Å². The van der Waals surface area contributed by atoms with Crippen LogP contribution in [0.5, 0.6) is 5.75 Å². The van der Waals surface area contributed by atoms with Gasteiger partial charge >= 0.3 is 5.69 Å². The molecule has 9 nitrogen and oxygen atoms in total. The first-order chi connectivity index (χ1) is 14.0. The number of guanidine groups is 1. The molecule has 10 heteroatoms. The third kappa shape index (κ3) is 7.47. The van der Waals surface area contributed by atoms with Gasteiger partial charge in [-0.1, -0.05) is 12.1 Å². The Bertz CT molecular complexity index is 866. The molecule has 0 amide bonds. The summed E-state index contributed by atoms with van der Waals surface area (Å²) in [5.41, 5.74) is 2.21. The number of ether oxygens (including phenoxy) is 1. The van der Waals surface area contributed by atoms with E-state index in [0.717, 1.165) is 24.5 Å². The monoisotopic (exact) mass is 528 g/mol. The van der Waals surface area contributed by atoms with Gasteiger partial charge in [-0.15, -0.1) is 24.0 Å². The molecule has 30 heavy (non-hydrogen) atoms. The fourth-order valence-corrected chi connectivity index (χ4v) is 2.78. The Morgan fingerprint density at radius 3 is 2.87 bits per heavy atom. The number of nitrogens with zero attached hydrogens (tertiary/aromatic N) is 4. The Morgan fingerprint density at radius 1 is 1.40 bits per heavy atom. The van der Waals surface area contributed by atoms with E-state index in [1.54, 1.807) is 4.68 Å². The number of hydrogen-bond donors (Lipinski definition) is 2. The summed E-state index contributed by atoms with van der Waals surface area (Å²) >= 11 is 0. The SMILES string of the molecule is CCNC(=NCc1ccc(C)cc1OCC1CC1)NCCn1cc([N+](=O)[O-])cn1.I. The molecule has 0 spiro atoms. The molecule has 0 atom stereocenters. The van der Waals surface area contributed by atoms with E-state index in [1.807, 2.05) is 6.92 Å². The van der Waals surface area contributed by atoms with Crippen LogP contribution in [0.4, 0.5) is 5.69 Å². The molecule has 0 unspecified atom stereocenters. The van der Waals surface area contributed by atoms with Gasteiger partial charge in [-0.25, -0.2) is 4.99 Å². The molecule has 1 saturated carbocycles. The summed E-state index contributed by atoms with van der Waals surface area (Å²) in [6.45, 7) is 7.11. The van der Waals surface area contributed by atoms with Gasteiger partial charge in [0.1, 0.15) is 18.1 Å². The largest absolute Gasteiger partial charge is 0.493 e. The van der Waals surface area contributed by atoms with Gasteiger partial charge in [-0.3, -0.25) is 14.8 Å². The fraction of sp³-hybridized carbons (Fsp3) is 0.500. The maximum atomic E-state index is 10.7. The minimum absolute atomic E-state index is 0. The highest BCUT2D eigenvalue weighted by Gasteiger charge is 2.22. The van der Waals surface area contributed by atoms with Gasteiger partial charge in [-0.2, -0.15) is 5.10 Å². The van der Waals surface area contributed by atoms with E-state index in [1.165, 1.54) is 30.8 Å². The average molecular weight is 528 g/mol. The number of aromatic nitrogens is 2. The van der Waals surface area contributed by atoms with Crippen molar-refractivity contribution >= 4 is 35.6 Å². The van der Waals surface area contributed by atoms with Gasteiger partial charge in [0, 0.05) is 18.7 Å². The summed E-state index contributed by atoms with van der Waals surface area (Å²) in [7, 11) is 0. The van der Waals surface area contributed by atoms with Crippen LogP contribution < -0.4 is 15.4 Å². The quantitative estimate of drug-likeness (QED) is 0.161. The van der Waals surface area contributed by atoms with Gasteiger partial charge in [0.05, 0.1) is 24.6 Å². The highest BCUT2D eigenvalue weighted by molar-refractivity contribution is 14.0. The Balaban J connectivity index is 0.00000320. The lowest BCUT2D eigenvalue weighted by atomic mass is 10.1. The second kappa shape index (κ2) is 11.7. The van der Waals surface area contributed by atoms with Crippen molar-refractivity contribution < 1.29 is 9.66 Å². The van der Waals surface area contributed by atoms with Crippen LogP contribution in [0.2, 0.25) is 0 Å². The summed E-state index contributed by atoms with van der Waals surface area (Å²) in [5, 5.41) is 21.2. The standard InChI is InChI=1S/C20H28N6O3.HI/c1-3-21-20(22-8-9-25-13-18(12-24-25)26(27)28)23-11-17-7-4-15(2)10-19(17)29-14-16-5-6-16;/h4,7,10,12-13,16H,3,5-6,8-9,11,14H2,1-2H3,(H2,21,22,23);1H. The van der Waals surface area contributed by atoms with Gasteiger partial charge in [0.15, 0.2) is 5.96 Å². The molecule has 1 aromatic carbocycles. The lowest BCUT2D eigenvalue weighted by molar-refractivity contribution is -0.385. The van der Waals surface area contributed by atoms with Gasteiger partial charge in [-0.05, 0) is 44.2 Å². The van der Waals surface area contributed by atoms with Crippen molar-refractivity contribution in [3.8, 4) is 5.75 Å². The molecule has 1 fully saturated rings. The van der Waals surface area contributed by atoms with E-state index in [9.17, 15) is 10.1 Å². The number of nitrogens with one attached hydrogen (secondary N) is 2. The van der Waals surface area contributed by atoms with Gasteiger partial charge < -0.3 is 15.4 Å². The first-order valence-corrected chi connectivity index (χ1v) is 9.96. The molecule has 0 aliphatic heterocycles. The van der Waals surface area contributed by atoms with Crippen molar-refractivity contribution in [3.05, 3.63) is 51.8 Å².